The number of pyridine rings is 1. The second-order valence-electron chi connectivity index (χ2n) is 5.71. The summed E-state index contributed by atoms with van der Waals surface area (Å²) >= 11 is 3.37. The van der Waals surface area contributed by atoms with E-state index in [0.29, 0.717) is 27.9 Å². The molecule has 1 aromatic heterocycles. The van der Waals surface area contributed by atoms with Gasteiger partial charge in [0.25, 0.3) is 5.91 Å². The molecule has 0 radical (unpaired) electrons. The van der Waals surface area contributed by atoms with Gasteiger partial charge in [-0.3, -0.25) is 4.79 Å². The van der Waals surface area contributed by atoms with E-state index in [1.165, 1.54) is 0 Å². The maximum absolute atomic E-state index is 11.8. The van der Waals surface area contributed by atoms with Crippen molar-refractivity contribution in [3.63, 3.8) is 0 Å². The van der Waals surface area contributed by atoms with Crippen molar-refractivity contribution < 1.29 is 19.4 Å². The van der Waals surface area contributed by atoms with Crippen LogP contribution >= 0.6 is 15.9 Å². The van der Waals surface area contributed by atoms with Gasteiger partial charge in [0.1, 0.15) is 5.75 Å². The molecule has 0 aliphatic rings. The molecule has 0 spiro atoms. The molecular weight excluding hydrogens is 400 g/mol. The normalized spacial score (nSPS) is 10.7. The van der Waals surface area contributed by atoms with Crippen LogP contribution in [0.2, 0.25) is 0 Å². The van der Waals surface area contributed by atoms with Crippen molar-refractivity contribution in [1.82, 2.24) is 4.98 Å². The van der Waals surface area contributed by atoms with E-state index in [-0.39, 0.29) is 12.2 Å². The fourth-order valence-electron chi connectivity index (χ4n) is 2.75. The van der Waals surface area contributed by atoms with Crippen molar-refractivity contribution in [3.8, 4) is 17.0 Å². The molecule has 0 aliphatic heterocycles. The lowest BCUT2D eigenvalue weighted by Crippen LogP contribution is -2.19. The zero-order valence-corrected chi connectivity index (χ0v) is 15.4. The molecule has 3 N–H and O–H groups in total. The minimum Gasteiger partial charge on any atom is -0.484 e. The average molecular weight is 415 g/mol. The summed E-state index contributed by atoms with van der Waals surface area (Å²) in [5.74, 6) is -1.07. The van der Waals surface area contributed by atoms with Gasteiger partial charge in [-0.1, -0.05) is 15.9 Å². The third kappa shape index (κ3) is 3.52. The molecule has 2 aromatic carbocycles. The number of hydrogen-bond donors (Lipinski definition) is 2. The molecule has 0 atom stereocenters. The Morgan fingerprint density at radius 2 is 1.88 bits per heavy atom. The Kier molecular flexibility index (Phi) is 4.90. The lowest BCUT2D eigenvalue weighted by molar-refractivity contribution is -0.119. The molecule has 3 rings (SSSR count). The predicted molar refractivity (Wildman–Crippen MR) is 101 cm³/mol. The van der Waals surface area contributed by atoms with Crippen LogP contribution in [0.1, 0.15) is 15.9 Å². The van der Waals surface area contributed by atoms with E-state index in [9.17, 15) is 14.7 Å². The third-order valence-corrected chi connectivity index (χ3v) is 4.41. The molecule has 0 saturated carbocycles. The van der Waals surface area contributed by atoms with Gasteiger partial charge in [0, 0.05) is 15.4 Å². The average Bonchev–Trinajstić information content (AvgIpc) is 2.59. The van der Waals surface area contributed by atoms with Crippen LogP contribution in [-0.2, 0) is 4.79 Å². The van der Waals surface area contributed by atoms with Crippen molar-refractivity contribution in [2.75, 3.05) is 6.61 Å². The number of carboxylic acids is 1. The van der Waals surface area contributed by atoms with E-state index in [1.807, 2.05) is 6.07 Å². The first kappa shape index (κ1) is 17.9. The smallest absolute Gasteiger partial charge is 0.336 e. The summed E-state index contributed by atoms with van der Waals surface area (Å²) in [5, 5.41) is 10.3. The Morgan fingerprint density at radius 1 is 1.19 bits per heavy atom. The maximum Gasteiger partial charge on any atom is 0.336 e. The van der Waals surface area contributed by atoms with Crippen LogP contribution in [-0.4, -0.2) is 28.6 Å². The maximum atomic E-state index is 11.8. The highest BCUT2D eigenvalue weighted by atomic mass is 79.9. The van der Waals surface area contributed by atoms with Crippen LogP contribution in [0, 0.1) is 6.92 Å². The molecule has 1 amide bonds. The topological polar surface area (TPSA) is 103 Å². The minimum atomic E-state index is -1.00. The molecule has 0 unspecified atom stereocenters. The second-order valence-corrected chi connectivity index (χ2v) is 6.62. The molecular formula is C19H15BrN2O4. The van der Waals surface area contributed by atoms with Crippen LogP contribution in [0.3, 0.4) is 0 Å². The minimum absolute atomic E-state index is 0.204. The number of aromatic carboxylic acids is 1. The highest BCUT2D eigenvalue weighted by Crippen LogP contribution is 2.32. The van der Waals surface area contributed by atoms with Crippen LogP contribution in [0.25, 0.3) is 22.2 Å². The first-order chi connectivity index (χ1) is 12.4. The number of rotatable bonds is 5. The quantitative estimate of drug-likeness (QED) is 0.664. The van der Waals surface area contributed by atoms with Gasteiger partial charge >= 0.3 is 5.97 Å². The Hall–Kier alpha value is -2.93. The Bertz CT molecular complexity index is 1020. The number of amides is 1. The molecule has 0 bridgehead atoms. The van der Waals surface area contributed by atoms with Crippen molar-refractivity contribution in [2.24, 2.45) is 5.73 Å². The van der Waals surface area contributed by atoms with Crippen molar-refractivity contribution in [3.05, 3.63) is 58.1 Å². The van der Waals surface area contributed by atoms with Gasteiger partial charge in [0.15, 0.2) is 6.61 Å². The van der Waals surface area contributed by atoms with E-state index >= 15 is 0 Å². The number of primary amides is 1. The summed E-state index contributed by atoms with van der Waals surface area (Å²) in [5.41, 5.74) is 7.79. The van der Waals surface area contributed by atoms with E-state index in [1.54, 1.807) is 43.3 Å². The summed E-state index contributed by atoms with van der Waals surface area (Å²) in [6.45, 7) is 1.54. The number of carbonyl (C=O) groups is 2. The van der Waals surface area contributed by atoms with Gasteiger partial charge in [-0.15, -0.1) is 0 Å². The van der Waals surface area contributed by atoms with Crippen LogP contribution in [0.5, 0.6) is 5.75 Å². The molecule has 6 nitrogen and oxygen atoms in total. The summed E-state index contributed by atoms with van der Waals surface area (Å²) in [4.78, 5) is 27.2. The molecule has 0 saturated heterocycles. The Morgan fingerprint density at radius 3 is 2.50 bits per heavy atom. The Labute approximate surface area is 157 Å². The highest BCUT2D eigenvalue weighted by Gasteiger charge is 2.18. The van der Waals surface area contributed by atoms with Crippen molar-refractivity contribution in [2.45, 2.75) is 6.92 Å². The largest absolute Gasteiger partial charge is 0.484 e. The van der Waals surface area contributed by atoms with Gasteiger partial charge in [-0.05, 0) is 55.0 Å². The van der Waals surface area contributed by atoms with Gasteiger partial charge in [0.2, 0.25) is 0 Å². The standard InChI is InChI=1S/C19H15BrN2O4/c1-10-17(19(24)25)14-8-12(20)4-7-15(14)22-18(10)11-2-5-13(6-3-11)26-9-16(21)23/h2-8H,9H2,1H3,(H2,21,23)(H,24,25). The van der Waals surface area contributed by atoms with E-state index in [4.69, 9.17) is 10.5 Å². The van der Waals surface area contributed by atoms with Crippen molar-refractivity contribution in [1.29, 1.82) is 0 Å². The molecule has 7 heteroatoms. The summed E-state index contributed by atoms with van der Waals surface area (Å²) in [7, 11) is 0. The zero-order chi connectivity index (χ0) is 18.8. The monoisotopic (exact) mass is 414 g/mol. The van der Waals surface area contributed by atoms with Crippen LogP contribution in [0.4, 0.5) is 0 Å². The van der Waals surface area contributed by atoms with Gasteiger partial charge in [-0.25, -0.2) is 9.78 Å². The predicted octanol–water partition coefficient (Wildman–Crippen LogP) is 3.54. The molecule has 132 valence electrons. The third-order valence-electron chi connectivity index (χ3n) is 3.91. The molecule has 0 aliphatic carbocycles. The lowest BCUT2D eigenvalue weighted by Gasteiger charge is -2.13. The SMILES string of the molecule is Cc1c(-c2ccc(OCC(N)=O)cc2)nc2ccc(Br)cc2c1C(=O)O. The van der Waals surface area contributed by atoms with Gasteiger partial charge in [-0.2, -0.15) is 0 Å². The number of hydrogen-bond acceptors (Lipinski definition) is 4. The number of benzene rings is 2. The molecule has 1 heterocycles. The summed E-state index contributed by atoms with van der Waals surface area (Å²) in [6, 6.07) is 12.3. The number of aromatic nitrogens is 1. The number of halogens is 1. The summed E-state index contributed by atoms with van der Waals surface area (Å²) in [6.07, 6.45) is 0. The number of ether oxygens (including phenoxy) is 1. The van der Waals surface area contributed by atoms with E-state index < -0.39 is 11.9 Å². The van der Waals surface area contributed by atoms with E-state index in [2.05, 4.69) is 20.9 Å². The first-order valence-electron chi connectivity index (χ1n) is 7.71. The van der Waals surface area contributed by atoms with Crippen molar-refractivity contribution >= 4 is 38.7 Å². The summed E-state index contributed by atoms with van der Waals surface area (Å²) < 4.78 is 6.03. The molecule has 26 heavy (non-hydrogen) atoms. The molecule has 0 fully saturated rings. The fraction of sp³-hybridized carbons (Fsp3) is 0.105. The number of nitrogens with two attached hydrogens (primary N) is 1. The number of fused-ring (bicyclic) bond motifs is 1. The van der Waals surface area contributed by atoms with Crippen LogP contribution in [0.15, 0.2) is 46.9 Å². The van der Waals surface area contributed by atoms with Crippen LogP contribution < -0.4 is 10.5 Å². The highest BCUT2D eigenvalue weighted by molar-refractivity contribution is 9.10. The Balaban J connectivity index is 2.10. The lowest BCUT2D eigenvalue weighted by atomic mass is 9.98. The second kappa shape index (κ2) is 7.13. The number of nitrogens with zero attached hydrogens (tertiary/aromatic N) is 1. The fourth-order valence-corrected chi connectivity index (χ4v) is 3.11. The zero-order valence-electron chi connectivity index (χ0n) is 13.8. The number of carbonyl (C=O) groups excluding carboxylic acids is 1. The first-order valence-corrected chi connectivity index (χ1v) is 8.51. The molecule has 3 aromatic rings. The number of carboxylic acid groups (broad SMARTS) is 1. The van der Waals surface area contributed by atoms with Gasteiger partial charge < -0.3 is 15.6 Å². The van der Waals surface area contributed by atoms with E-state index in [0.717, 1.165) is 10.0 Å². The van der Waals surface area contributed by atoms with Gasteiger partial charge in [0.05, 0.1) is 16.8 Å².